The van der Waals surface area contributed by atoms with Gasteiger partial charge in [-0.05, 0) is 49.2 Å². The van der Waals surface area contributed by atoms with E-state index in [0.717, 1.165) is 99.8 Å². The molecule has 3 heterocycles. The van der Waals surface area contributed by atoms with Gasteiger partial charge in [0.25, 0.3) is 0 Å². The molecule has 18 heteroatoms. The maximum absolute atomic E-state index is 11.3. The molecule has 3 saturated heterocycles. The van der Waals surface area contributed by atoms with Crippen LogP contribution in [0.1, 0.15) is 38.5 Å². The van der Waals surface area contributed by atoms with Crippen molar-refractivity contribution in [2.75, 3.05) is 81.1 Å². The fraction of sp³-hybridized carbons (Fsp3) is 0.633. The van der Waals surface area contributed by atoms with Gasteiger partial charge in [0.05, 0.1) is 0 Å². The van der Waals surface area contributed by atoms with E-state index >= 15 is 0 Å². The molecule has 12 nitrogen and oxygen atoms in total. The Kier molecular flexibility index (Phi) is 44.2. The zero-order valence-corrected chi connectivity index (χ0v) is 32.6. The molecule has 0 atom stereocenters. The van der Waals surface area contributed by atoms with Gasteiger partial charge in [-0.15, -0.1) is 0 Å². The molecule has 270 valence electrons. The number of allylic oxidation sites excluding steroid dienone is 1. The van der Waals surface area contributed by atoms with Gasteiger partial charge in [0.15, 0.2) is 0 Å². The van der Waals surface area contributed by atoms with Gasteiger partial charge in [0.1, 0.15) is 0 Å². The summed E-state index contributed by atoms with van der Waals surface area (Å²) in [5.74, 6) is 5.32. The van der Waals surface area contributed by atoms with Crippen LogP contribution >= 0.6 is 47.8 Å². The quantitative estimate of drug-likeness (QED) is 0.0549. The third kappa shape index (κ3) is 32.9. The zero-order chi connectivity index (χ0) is 36.3. The number of nitrogens with one attached hydrogen (secondary N) is 2. The van der Waals surface area contributed by atoms with Gasteiger partial charge in [-0.2, -0.15) is 36.2 Å². The van der Waals surface area contributed by atoms with E-state index in [1.807, 2.05) is 21.6 Å². The number of amides is 4. The van der Waals surface area contributed by atoms with Crippen molar-refractivity contribution in [2.24, 2.45) is 11.5 Å². The Morgan fingerprint density at radius 1 is 0.833 bits per heavy atom. The van der Waals surface area contributed by atoms with Crippen LogP contribution in [0.2, 0.25) is 0 Å². The molecule has 0 unspecified atom stereocenters. The number of nitrogens with zero attached hydrogens (tertiary/aromatic N) is 3. The topological polar surface area (TPSA) is 183 Å². The molecule has 3 fully saturated rings. The van der Waals surface area contributed by atoms with Gasteiger partial charge in [-0.3, -0.25) is 24.0 Å². The molecule has 0 aromatic rings. The maximum atomic E-state index is 11.3. The first kappa shape index (κ1) is 53.2. The minimum atomic E-state index is -0.509. The molecule has 0 spiro atoms. The molecule has 4 radical (unpaired) electrons. The molecule has 3 rings (SSSR count). The summed E-state index contributed by atoms with van der Waals surface area (Å²) in [6.07, 6.45) is 9.10. The first-order valence-electron chi connectivity index (χ1n) is 15.3. The molecule has 3 aliphatic heterocycles. The standard InChI is InChI=1S/C11H18N2O2S.C8H16N2OS.C6H9NO.C3H3ClO.C2H7NS.Al.B.HN/c1-2-10(14)12-5-8-16-9-7-13-6-3-4-11(13)15;9-3-6-12-7-5-10-4-1-2-8(10)11;1-2-7-5-3-4-6(7)8;1-2-3(4)5;3-1-2-4;;;/h2H,1,3-9H2,(H,12,14);1-7,9H2;2H,1,3-5H2;2H,1H2;4H,1-3H2;;;1H. The number of likely N-dealkylation sites (tertiary alicyclic amines) is 3. The Morgan fingerprint density at radius 3 is 1.56 bits per heavy atom. The van der Waals surface area contributed by atoms with Crippen molar-refractivity contribution in [3.63, 3.8) is 0 Å². The van der Waals surface area contributed by atoms with Crippen molar-refractivity contribution in [1.29, 1.82) is 4.35 Å². The van der Waals surface area contributed by atoms with Crippen molar-refractivity contribution in [2.45, 2.75) is 38.5 Å². The van der Waals surface area contributed by atoms with E-state index in [2.05, 4.69) is 37.7 Å². The molecular formula is C30H54AlBClN7O5S3. The number of hydrogen-bond donors (Lipinski definition) is 5. The molecule has 0 bridgehead atoms. The second kappa shape index (κ2) is 39.9. The Hall–Kier alpha value is -1.57. The molecule has 4 amide bonds. The van der Waals surface area contributed by atoms with E-state index in [1.165, 1.54) is 6.08 Å². The summed E-state index contributed by atoms with van der Waals surface area (Å²) in [6, 6.07) is 0. The second-order valence-corrected chi connectivity index (χ2v) is 12.6. The summed E-state index contributed by atoms with van der Waals surface area (Å²) in [6.45, 7) is 16.5. The first-order valence-corrected chi connectivity index (χ1v) is 19.2. The summed E-state index contributed by atoms with van der Waals surface area (Å²) >= 11 is 13.7. The van der Waals surface area contributed by atoms with Gasteiger partial charge in [-0.25, -0.2) is 0 Å². The SMILES string of the molecule is C=CC(=O)Cl.C=CC(=O)NCCSCCN1CCCC1=O.C=CN1CCCC1=O.NCCS.NCCSCCN1CCCC1=O.[B].[NH]=[Al]. The van der Waals surface area contributed by atoms with E-state index in [1.54, 1.807) is 39.0 Å². The molecule has 48 heavy (non-hydrogen) atoms. The van der Waals surface area contributed by atoms with E-state index in [9.17, 15) is 24.0 Å². The Morgan fingerprint density at radius 2 is 1.27 bits per heavy atom. The number of nitrogens with two attached hydrogens (primary N) is 2. The van der Waals surface area contributed by atoms with Crippen molar-refractivity contribution in [3.8, 4) is 0 Å². The normalized spacial score (nSPS) is 14.1. The van der Waals surface area contributed by atoms with Crippen LogP contribution in [0.15, 0.2) is 38.1 Å². The monoisotopic (exact) mass is 761 g/mol. The third-order valence-corrected chi connectivity index (χ3v) is 8.34. The van der Waals surface area contributed by atoms with Gasteiger partial charge in [-0.1, -0.05) is 19.7 Å². The minimum absolute atomic E-state index is 0. The van der Waals surface area contributed by atoms with E-state index < -0.39 is 5.24 Å². The fourth-order valence-corrected chi connectivity index (χ4v) is 5.22. The summed E-state index contributed by atoms with van der Waals surface area (Å²) in [5, 5.41) is 2.20. The van der Waals surface area contributed by atoms with Gasteiger partial charge in [0, 0.05) is 109 Å². The number of carbonyl (C=O) groups is 5. The van der Waals surface area contributed by atoms with Crippen LogP contribution in [0.25, 0.3) is 0 Å². The van der Waals surface area contributed by atoms with Crippen molar-refractivity contribution < 1.29 is 24.0 Å². The number of thioether (sulfide) groups is 2. The van der Waals surface area contributed by atoms with Crippen LogP contribution in [0, 0.1) is 4.35 Å². The number of hydrogen-bond acceptors (Lipinski definition) is 11. The molecule has 0 aromatic carbocycles. The summed E-state index contributed by atoms with van der Waals surface area (Å²) < 4.78 is 5.67. The number of halogens is 1. The van der Waals surface area contributed by atoms with E-state index in [0.29, 0.717) is 31.8 Å². The fourth-order valence-electron chi connectivity index (χ4n) is 3.70. The summed E-state index contributed by atoms with van der Waals surface area (Å²) in [4.78, 5) is 58.8. The molecule has 0 aliphatic carbocycles. The Balaban J connectivity index is -0.000000268. The summed E-state index contributed by atoms with van der Waals surface area (Å²) in [5.41, 5.74) is 10.3. The molecule has 0 saturated carbocycles. The molecule has 0 aromatic heterocycles. The van der Waals surface area contributed by atoms with Crippen molar-refractivity contribution in [1.82, 2.24) is 20.0 Å². The van der Waals surface area contributed by atoms with Crippen LogP contribution in [0.4, 0.5) is 0 Å². The Labute approximate surface area is 317 Å². The van der Waals surface area contributed by atoms with Crippen LogP contribution in [0.3, 0.4) is 0 Å². The molecule has 3 aliphatic rings. The second-order valence-electron chi connectivity index (χ2n) is 9.37. The van der Waals surface area contributed by atoms with Crippen molar-refractivity contribution >= 4 is 101 Å². The van der Waals surface area contributed by atoms with Crippen LogP contribution < -0.4 is 16.8 Å². The van der Waals surface area contributed by atoms with Crippen LogP contribution in [0.5, 0.6) is 0 Å². The van der Waals surface area contributed by atoms with Crippen LogP contribution in [-0.2, 0) is 24.0 Å². The van der Waals surface area contributed by atoms with Gasteiger partial charge >= 0.3 is 20.4 Å². The number of thiol groups is 1. The predicted octanol–water partition coefficient (Wildman–Crippen LogP) is 2.05. The number of carbonyl (C=O) groups excluding carboxylic acids is 5. The molecule has 6 N–H and O–H groups in total. The van der Waals surface area contributed by atoms with Gasteiger partial charge in [0.2, 0.25) is 28.9 Å². The average molecular weight is 762 g/mol. The first-order chi connectivity index (χ1) is 22.6. The van der Waals surface area contributed by atoms with E-state index in [-0.39, 0.29) is 26.1 Å². The van der Waals surface area contributed by atoms with E-state index in [4.69, 9.17) is 27.4 Å². The van der Waals surface area contributed by atoms with Gasteiger partial charge < -0.3 is 31.5 Å². The van der Waals surface area contributed by atoms with Crippen LogP contribution in [-0.4, -0.2) is 149 Å². The predicted molar refractivity (Wildman–Crippen MR) is 208 cm³/mol. The number of rotatable bonds is 15. The Bertz CT molecular complexity index is 930. The zero-order valence-electron chi connectivity index (χ0n) is 28.1. The average Bonchev–Trinajstić information content (AvgIpc) is 3.83. The molecular weight excluding hydrogens is 708 g/mol. The van der Waals surface area contributed by atoms with Crippen molar-refractivity contribution in [3.05, 3.63) is 38.1 Å². The summed E-state index contributed by atoms with van der Waals surface area (Å²) in [7, 11) is 0. The third-order valence-electron chi connectivity index (χ3n) is 5.97.